The molecule has 0 aliphatic rings. The van der Waals surface area contributed by atoms with Crippen molar-refractivity contribution in [2.24, 2.45) is 0 Å². The van der Waals surface area contributed by atoms with Crippen molar-refractivity contribution in [1.82, 2.24) is 0 Å². The van der Waals surface area contributed by atoms with Gasteiger partial charge in [-0.15, -0.1) is 0 Å². The van der Waals surface area contributed by atoms with Crippen LogP contribution in [-0.2, 0) is 0 Å². The third-order valence-electron chi connectivity index (χ3n) is 13.3. The number of fused-ring (bicyclic) bond motifs is 4. The maximum absolute atomic E-state index is 2.38. The molecule has 12 aromatic rings. The average Bonchev–Trinajstić information content (AvgIpc) is 3.41. The van der Waals surface area contributed by atoms with Crippen LogP contribution in [-0.4, -0.2) is 0 Å². The molecule has 67 heavy (non-hydrogen) atoms. The van der Waals surface area contributed by atoms with Gasteiger partial charge in [0.2, 0.25) is 0 Å². The van der Waals surface area contributed by atoms with E-state index in [1.807, 2.05) is 0 Å². The molecule has 0 aromatic heterocycles. The van der Waals surface area contributed by atoms with Gasteiger partial charge in [0.1, 0.15) is 0 Å². The fourth-order valence-corrected chi connectivity index (χ4v) is 10.1. The summed E-state index contributed by atoms with van der Waals surface area (Å²) in [6, 6.07) is 99.3. The molecule has 1 heteroatoms. The zero-order valence-corrected chi connectivity index (χ0v) is 36.9. The Balaban J connectivity index is 0.975. The van der Waals surface area contributed by atoms with E-state index in [1.54, 1.807) is 0 Å². The zero-order chi connectivity index (χ0) is 44.5. The second kappa shape index (κ2) is 17.3. The van der Waals surface area contributed by atoms with Crippen LogP contribution in [0.2, 0.25) is 0 Å². The summed E-state index contributed by atoms with van der Waals surface area (Å²) in [5, 5.41) is 7.52. The van der Waals surface area contributed by atoms with E-state index in [9.17, 15) is 0 Å². The first kappa shape index (κ1) is 39.8. The lowest BCUT2D eigenvalue weighted by Gasteiger charge is -2.26. The first-order chi connectivity index (χ1) is 33.2. The molecule has 0 saturated heterocycles. The van der Waals surface area contributed by atoms with Crippen molar-refractivity contribution < 1.29 is 0 Å². The molecule has 0 fully saturated rings. The number of rotatable bonds is 9. The van der Waals surface area contributed by atoms with Crippen molar-refractivity contribution in [3.05, 3.63) is 273 Å². The van der Waals surface area contributed by atoms with Gasteiger partial charge in [-0.25, -0.2) is 0 Å². The molecular weight excluding hydrogens is 807 g/mol. The molecule has 314 valence electrons. The molecule has 0 atom stereocenters. The van der Waals surface area contributed by atoms with Gasteiger partial charge in [0, 0.05) is 17.1 Å². The summed E-state index contributed by atoms with van der Waals surface area (Å²) >= 11 is 0. The van der Waals surface area contributed by atoms with E-state index >= 15 is 0 Å². The van der Waals surface area contributed by atoms with Crippen molar-refractivity contribution in [3.8, 4) is 66.8 Å². The van der Waals surface area contributed by atoms with Gasteiger partial charge in [0.05, 0.1) is 0 Å². The Morgan fingerprint density at radius 2 is 0.552 bits per heavy atom. The summed E-state index contributed by atoms with van der Waals surface area (Å²) < 4.78 is 0. The molecule has 1 nitrogen and oxygen atoms in total. The predicted molar refractivity (Wildman–Crippen MR) is 286 cm³/mol. The van der Waals surface area contributed by atoms with Crippen molar-refractivity contribution in [2.75, 3.05) is 4.90 Å². The standard InChI is InChI=1S/C66H45N/c1-3-17-46(18-4-1)52-23-15-24-53(45-52)47-33-39-54(40-34-47)67(55-41-35-49(36-42-55)58-26-9-10-27-59(58)60-32-16-22-48-19-7-8-25-57(48)60)56-43-37-51(38-44-56)66-64-31-14-12-29-62(64)61-28-11-13-30-63(61)65(66)50-20-5-2-6-21-50/h1-45H. The summed E-state index contributed by atoms with van der Waals surface area (Å²) in [5.74, 6) is 0. The number of hydrogen-bond acceptors (Lipinski definition) is 1. The van der Waals surface area contributed by atoms with E-state index in [2.05, 4.69) is 278 Å². The van der Waals surface area contributed by atoms with Gasteiger partial charge in [0.15, 0.2) is 0 Å². The number of benzene rings is 12. The van der Waals surface area contributed by atoms with Crippen molar-refractivity contribution in [2.45, 2.75) is 0 Å². The molecule has 0 amide bonds. The minimum absolute atomic E-state index is 1.08. The van der Waals surface area contributed by atoms with Gasteiger partial charge >= 0.3 is 0 Å². The fourth-order valence-electron chi connectivity index (χ4n) is 10.1. The van der Waals surface area contributed by atoms with Crippen LogP contribution in [0, 0.1) is 0 Å². The Kier molecular flexibility index (Phi) is 10.3. The minimum atomic E-state index is 1.08. The van der Waals surface area contributed by atoms with Crippen LogP contribution < -0.4 is 4.90 Å². The second-order valence-electron chi connectivity index (χ2n) is 17.2. The van der Waals surface area contributed by atoms with Gasteiger partial charge in [-0.1, -0.05) is 231 Å². The predicted octanol–water partition coefficient (Wildman–Crippen LogP) is 18.6. The van der Waals surface area contributed by atoms with E-state index < -0.39 is 0 Å². The van der Waals surface area contributed by atoms with Crippen LogP contribution in [0.5, 0.6) is 0 Å². The molecule has 0 N–H and O–H groups in total. The third kappa shape index (κ3) is 7.43. The van der Waals surface area contributed by atoms with Gasteiger partial charge in [-0.05, 0) is 142 Å². The fraction of sp³-hybridized carbons (Fsp3) is 0. The first-order valence-electron chi connectivity index (χ1n) is 23.1. The number of hydrogen-bond donors (Lipinski definition) is 0. The highest BCUT2D eigenvalue weighted by molar-refractivity contribution is 6.21. The summed E-state index contributed by atoms with van der Waals surface area (Å²) in [5.41, 5.74) is 17.8. The minimum Gasteiger partial charge on any atom is -0.311 e. The molecule has 0 heterocycles. The normalized spacial score (nSPS) is 11.3. The molecule has 12 rings (SSSR count). The van der Waals surface area contributed by atoms with Crippen LogP contribution in [0.1, 0.15) is 0 Å². The third-order valence-corrected chi connectivity index (χ3v) is 13.3. The number of anilines is 3. The molecule has 0 aliphatic heterocycles. The Morgan fingerprint density at radius 3 is 1.13 bits per heavy atom. The summed E-state index contributed by atoms with van der Waals surface area (Å²) in [6.07, 6.45) is 0. The van der Waals surface area contributed by atoms with Crippen LogP contribution in [0.15, 0.2) is 273 Å². The lowest BCUT2D eigenvalue weighted by atomic mass is 9.85. The maximum Gasteiger partial charge on any atom is 0.0462 e. The highest BCUT2D eigenvalue weighted by atomic mass is 15.1. The van der Waals surface area contributed by atoms with Crippen LogP contribution in [0.25, 0.3) is 99.1 Å². The molecule has 0 unspecified atom stereocenters. The number of nitrogens with zero attached hydrogens (tertiary/aromatic N) is 1. The highest BCUT2D eigenvalue weighted by Gasteiger charge is 2.20. The summed E-state index contributed by atoms with van der Waals surface area (Å²) in [6.45, 7) is 0. The molecule has 0 bridgehead atoms. The Hall–Kier alpha value is -8.78. The SMILES string of the molecule is c1ccc(-c2cccc(-c3ccc(N(c4ccc(-c5ccccc5-c5cccc6ccccc56)cc4)c4ccc(-c5c(-c6ccccc6)c6ccccc6c6ccccc56)cc4)cc3)c2)cc1. The zero-order valence-electron chi connectivity index (χ0n) is 36.9. The van der Waals surface area contributed by atoms with Crippen LogP contribution in [0.3, 0.4) is 0 Å². The van der Waals surface area contributed by atoms with E-state index in [-0.39, 0.29) is 0 Å². The molecule has 12 aromatic carbocycles. The van der Waals surface area contributed by atoms with Gasteiger partial charge < -0.3 is 4.90 Å². The van der Waals surface area contributed by atoms with Gasteiger partial charge in [-0.2, -0.15) is 0 Å². The topological polar surface area (TPSA) is 3.24 Å². The lowest BCUT2D eigenvalue weighted by Crippen LogP contribution is -2.09. The lowest BCUT2D eigenvalue weighted by molar-refractivity contribution is 1.28. The molecular formula is C66H45N. The molecule has 0 saturated carbocycles. The van der Waals surface area contributed by atoms with E-state index in [0.717, 1.165) is 17.1 Å². The average molecular weight is 852 g/mol. The smallest absolute Gasteiger partial charge is 0.0462 e. The molecule has 0 spiro atoms. The van der Waals surface area contributed by atoms with E-state index in [0.29, 0.717) is 0 Å². The van der Waals surface area contributed by atoms with E-state index in [1.165, 1.54) is 99.1 Å². The quantitative estimate of drug-likeness (QED) is 0.131. The Bertz CT molecular complexity index is 3700. The van der Waals surface area contributed by atoms with Crippen LogP contribution >= 0.6 is 0 Å². The summed E-state index contributed by atoms with van der Waals surface area (Å²) in [4.78, 5) is 2.38. The Labute approximate surface area is 392 Å². The molecule has 0 radical (unpaired) electrons. The van der Waals surface area contributed by atoms with Crippen LogP contribution in [0.4, 0.5) is 17.1 Å². The van der Waals surface area contributed by atoms with Gasteiger partial charge in [0.25, 0.3) is 0 Å². The summed E-state index contributed by atoms with van der Waals surface area (Å²) in [7, 11) is 0. The Morgan fingerprint density at radius 1 is 0.194 bits per heavy atom. The first-order valence-corrected chi connectivity index (χ1v) is 23.1. The van der Waals surface area contributed by atoms with Gasteiger partial charge in [-0.3, -0.25) is 0 Å². The second-order valence-corrected chi connectivity index (χ2v) is 17.2. The van der Waals surface area contributed by atoms with E-state index in [4.69, 9.17) is 0 Å². The van der Waals surface area contributed by atoms with Crippen molar-refractivity contribution in [3.63, 3.8) is 0 Å². The largest absolute Gasteiger partial charge is 0.311 e. The van der Waals surface area contributed by atoms with Crippen molar-refractivity contribution in [1.29, 1.82) is 0 Å². The molecule has 0 aliphatic carbocycles. The highest BCUT2D eigenvalue weighted by Crippen LogP contribution is 2.46. The monoisotopic (exact) mass is 851 g/mol. The van der Waals surface area contributed by atoms with Crippen molar-refractivity contribution >= 4 is 49.4 Å². The maximum atomic E-state index is 2.38.